The Kier molecular flexibility index (Phi) is 5.90. The van der Waals surface area contributed by atoms with Crippen LogP contribution in [-0.4, -0.2) is 29.9 Å². The molecule has 164 valence electrons. The van der Waals surface area contributed by atoms with Crippen molar-refractivity contribution in [2.45, 2.75) is 0 Å². The number of para-hydroxylation sites is 2. The van der Waals surface area contributed by atoms with Gasteiger partial charge < -0.3 is 23.5 Å². The second-order valence-corrected chi connectivity index (χ2v) is 8.04. The maximum Gasteiger partial charge on any atom is 0.584 e. The summed E-state index contributed by atoms with van der Waals surface area (Å²) in [5.41, 5.74) is 1.06. The van der Waals surface area contributed by atoms with Crippen LogP contribution in [0, 0.1) is 0 Å². The van der Waals surface area contributed by atoms with Crippen LogP contribution in [0.15, 0.2) is 72.9 Å². The zero-order valence-electron chi connectivity index (χ0n) is 17.3. The van der Waals surface area contributed by atoms with E-state index in [1.54, 1.807) is 42.5 Å². The number of rotatable bonds is 8. The molecule has 0 saturated carbocycles. The smallest absolute Gasteiger partial charge is 0.497 e. The Hall–Kier alpha value is -3.74. The number of aromatic amines is 1. The van der Waals surface area contributed by atoms with Gasteiger partial charge in [0, 0.05) is 23.2 Å². The largest absolute Gasteiger partial charge is 0.584 e. The van der Waals surface area contributed by atoms with Gasteiger partial charge in [0.25, 0.3) is 0 Å². The number of benzene rings is 3. The van der Waals surface area contributed by atoms with Crippen molar-refractivity contribution in [2.24, 2.45) is 0 Å². The summed E-state index contributed by atoms with van der Waals surface area (Å²) in [6, 6.07) is 18.0. The molecule has 9 heteroatoms. The molecule has 1 aromatic heterocycles. The predicted octanol–water partition coefficient (Wildman–Crippen LogP) is 4.97. The van der Waals surface area contributed by atoms with Crippen LogP contribution in [0.25, 0.3) is 10.9 Å². The normalized spacial score (nSPS) is 12.7. The first-order chi connectivity index (χ1) is 15.4. The molecule has 0 aliphatic heterocycles. The first-order valence-corrected chi connectivity index (χ1v) is 11.1. The van der Waals surface area contributed by atoms with E-state index in [2.05, 4.69) is 4.98 Å². The van der Waals surface area contributed by atoms with E-state index in [1.165, 1.54) is 32.5 Å². The van der Waals surface area contributed by atoms with Crippen LogP contribution in [0.4, 0.5) is 0 Å². The molecule has 4 rings (SSSR count). The van der Waals surface area contributed by atoms with E-state index >= 15 is 0 Å². The number of carbonyl (C=O) groups is 1. The molecule has 32 heavy (non-hydrogen) atoms. The first-order valence-electron chi connectivity index (χ1n) is 9.55. The monoisotopic (exact) mass is 453 g/mol. The molecule has 2 N–H and O–H groups in total. The number of hydrogen-bond acceptors (Lipinski definition) is 6. The van der Waals surface area contributed by atoms with E-state index in [0.717, 1.165) is 5.52 Å². The zero-order valence-corrected chi connectivity index (χ0v) is 18.2. The molecule has 1 unspecified atom stereocenters. The van der Waals surface area contributed by atoms with E-state index in [1.807, 2.05) is 12.1 Å². The minimum Gasteiger partial charge on any atom is -0.497 e. The molecule has 0 saturated heterocycles. The standard InChI is InChI=1S/C23H20NO7P/c1-28-15-11-12-18(21(13-15)29-2)23(25)17-8-4-6-10-20(17)30-32(26,27)31-22-14-24-19-9-5-3-7-16(19)22/h3-14,24H,1-2H3,(H,26,27). The van der Waals surface area contributed by atoms with Crippen molar-refractivity contribution in [2.75, 3.05) is 14.2 Å². The van der Waals surface area contributed by atoms with Gasteiger partial charge in [-0.25, -0.2) is 4.57 Å². The third kappa shape index (κ3) is 4.32. The van der Waals surface area contributed by atoms with Gasteiger partial charge in [-0.3, -0.25) is 9.69 Å². The Morgan fingerprint density at radius 3 is 2.31 bits per heavy atom. The number of nitrogens with one attached hydrogen (secondary N) is 1. The van der Waals surface area contributed by atoms with Gasteiger partial charge in [0.15, 0.2) is 11.5 Å². The highest BCUT2D eigenvalue weighted by molar-refractivity contribution is 7.48. The highest BCUT2D eigenvalue weighted by Crippen LogP contribution is 2.47. The number of H-pyrrole nitrogens is 1. The Labute approximate surface area is 183 Å². The average molecular weight is 453 g/mol. The van der Waals surface area contributed by atoms with Crippen molar-refractivity contribution >= 4 is 24.5 Å². The predicted molar refractivity (Wildman–Crippen MR) is 119 cm³/mol. The minimum absolute atomic E-state index is 0.0766. The van der Waals surface area contributed by atoms with Gasteiger partial charge in [-0.1, -0.05) is 24.3 Å². The van der Waals surface area contributed by atoms with Gasteiger partial charge >= 0.3 is 7.82 Å². The van der Waals surface area contributed by atoms with E-state index < -0.39 is 13.6 Å². The van der Waals surface area contributed by atoms with Crippen LogP contribution in [-0.2, 0) is 4.57 Å². The molecule has 0 aliphatic carbocycles. The molecule has 8 nitrogen and oxygen atoms in total. The number of fused-ring (bicyclic) bond motifs is 1. The second-order valence-electron chi connectivity index (χ2n) is 6.74. The summed E-state index contributed by atoms with van der Waals surface area (Å²) in [5, 5.41) is 0.623. The lowest BCUT2D eigenvalue weighted by Gasteiger charge is -2.16. The number of ketones is 1. The number of phosphoric ester groups is 1. The lowest BCUT2D eigenvalue weighted by Crippen LogP contribution is -2.08. The van der Waals surface area contributed by atoms with E-state index in [9.17, 15) is 14.3 Å². The fraction of sp³-hybridized carbons (Fsp3) is 0.0870. The quantitative estimate of drug-likeness (QED) is 0.286. The van der Waals surface area contributed by atoms with Gasteiger partial charge in [-0.05, 0) is 36.4 Å². The highest BCUT2D eigenvalue weighted by atomic mass is 31.2. The molecule has 0 radical (unpaired) electrons. The van der Waals surface area contributed by atoms with Crippen molar-refractivity contribution in [1.29, 1.82) is 0 Å². The molecule has 4 aromatic rings. The summed E-state index contributed by atoms with van der Waals surface area (Å²) in [4.78, 5) is 26.6. The average Bonchev–Trinajstić information content (AvgIpc) is 3.20. The van der Waals surface area contributed by atoms with Crippen molar-refractivity contribution in [3.05, 3.63) is 84.1 Å². The van der Waals surface area contributed by atoms with Crippen molar-refractivity contribution in [3.63, 3.8) is 0 Å². The third-order valence-corrected chi connectivity index (χ3v) is 5.62. The van der Waals surface area contributed by atoms with Crippen LogP contribution in [0.2, 0.25) is 0 Å². The van der Waals surface area contributed by atoms with Gasteiger partial charge in [0.2, 0.25) is 0 Å². The number of ether oxygens (including phenoxy) is 2. The van der Waals surface area contributed by atoms with Gasteiger partial charge in [0.1, 0.15) is 17.2 Å². The molecule has 0 bridgehead atoms. The molecule has 0 fully saturated rings. The molecule has 0 amide bonds. The Balaban J connectivity index is 1.63. The SMILES string of the molecule is COc1ccc(C(=O)c2ccccc2OP(=O)(O)Oc2c[nH]c3ccccc23)c(OC)c1. The van der Waals surface area contributed by atoms with Crippen LogP contribution < -0.4 is 18.5 Å². The highest BCUT2D eigenvalue weighted by Gasteiger charge is 2.29. The van der Waals surface area contributed by atoms with Crippen molar-refractivity contribution in [1.82, 2.24) is 4.98 Å². The molecule has 0 aliphatic rings. The number of aromatic nitrogens is 1. The number of carbonyl (C=O) groups excluding carboxylic acids is 1. The van der Waals surface area contributed by atoms with Gasteiger partial charge in [0.05, 0.1) is 25.3 Å². The van der Waals surface area contributed by atoms with Crippen LogP contribution in [0.3, 0.4) is 0 Å². The summed E-state index contributed by atoms with van der Waals surface area (Å²) in [5.74, 6) is 0.432. The second kappa shape index (κ2) is 8.78. The van der Waals surface area contributed by atoms with Crippen LogP contribution in [0.1, 0.15) is 15.9 Å². The van der Waals surface area contributed by atoms with Crippen LogP contribution >= 0.6 is 7.82 Å². The van der Waals surface area contributed by atoms with Crippen molar-refractivity contribution in [3.8, 4) is 23.0 Å². The van der Waals surface area contributed by atoms with Crippen molar-refractivity contribution < 1.29 is 32.8 Å². The number of hydrogen-bond donors (Lipinski definition) is 2. The van der Waals surface area contributed by atoms with Gasteiger partial charge in [-0.2, -0.15) is 0 Å². The summed E-state index contributed by atoms with van der Waals surface area (Å²) in [6.45, 7) is 0. The van der Waals surface area contributed by atoms with E-state index in [-0.39, 0.29) is 22.6 Å². The fourth-order valence-electron chi connectivity index (χ4n) is 3.25. The first kappa shape index (κ1) is 21.5. The van der Waals surface area contributed by atoms with Gasteiger partial charge in [-0.15, -0.1) is 0 Å². The van der Waals surface area contributed by atoms with E-state index in [4.69, 9.17) is 18.5 Å². The minimum atomic E-state index is -4.62. The van der Waals surface area contributed by atoms with E-state index in [0.29, 0.717) is 16.9 Å². The molecule has 0 spiro atoms. The Bertz CT molecular complexity index is 1330. The molecule has 1 heterocycles. The fourth-order valence-corrected chi connectivity index (χ4v) is 4.10. The lowest BCUT2D eigenvalue weighted by atomic mass is 10.0. The zero-order chi connectivity index (χ0) is 22.7. The molecule has 1 atom stereocenters. The summed E-state index contributed by atoms with van der Waals surface area (Å²) in [7, 11) is -1.68. The molecular weight excluding hydrogens is 433 g/mol. The maximum absolute atomic E-state index is 13.2. The summed E-state index contributed by atoms with van der Waals surface area (Å²) >= 11 is 0. The lowest BCUT2D eigenvalue weighted by molar-refractivity contribution is 0.103. The topological polar surface area (TPSA) is 107 Å². The molecular formula is C23H20NO7P. The summed E-state index contributed by atoms with van der Waals surface area (Å²) in [6.07, 6.45) is 1.47. The molecule has 3 aromatic carbocycles. The maximum atomic E-state index is 13.2. The summed E-state index contributed by atoms with van der Waals surface area (Å²) < 4.78 is 33.8. The Morgan fingerprint density at radius 1 is 0.844 bits per heavy atom. The number of phosphoric acid groups is 1. The number of methoxy groups -OCH3 is 2. The third-order valence-electron chi connectivity index (χ3n) is 4.76. The Morgan fingerprint density at radius 2 is 1.53 bits per heavy atom. The van der Waals surface area contributed by atoms with Crippen LogP contribution in [0.5, 0.6) is 23.0 Å².